The molecule has 1 rings (SSSR count). The maximum atomic E-state index is 11.9. The van der Waals surface area contributed by atoms with Crippen LogP contribution < -0.4 is 10.6 Å². The van der Waals surface area contributed by atoms with Crippen molar-refractivity contribution in [1.82, 2.24) is 20.4 Å². The van der Waals surface area contributed by atoms with Gasteiger partial charge in [0.2, 0.25) is 5.91 Å². The second-order valence-corrected chi connectivity index (χ2v) is 6.19. The van der Waals surface area contributed by atoms with Crippen LogP contribution in [-0.4, -0.2) is 27.3 Å². The minimum Gasteiger partial charge on any atom is -0.350 e. The highest BCUT2D eigenvalue weighted by molar-refractivity contribution is 6.31. The normalized spacial score (nSPS) is 13.4. The van der Waals surface area contributed by atoms with E-state index in [0.29, 0.717) is 11.6 Å². The fraction of sp³-hybridized carbons (Fsp3) is 0.692. The molecule has 5 nitrogen and oxygen atoms in total. The number of nitrogens with one attached hydrogen (secondary N) is 2. The molecule has 1 aromatic heterocycles. The highest BCUT2D eigenvalue weighted by atomic mass is 35.5. The summed E-state index contributed by atoms with van der Waals surface area (Å²) in [5, 5.41) is 11.0. The Labute approximate surface area is 119 Å². The summed E-state index contributed by atoms with van der Waals surface area (Å²) in [6.45, 7) is 10.1. The zero-order valence-corrected chi connectivity index (χ0v) is 13.2. The number of aromatic nitrogens is 2. The van der Waals surface area contributed by atoms with E-state index in [4.69, 9.17) is 11.6 Å². The molecule has 1 aromatic rings. The van der Waals surface area contributed by atoms with Crippen molar-refractivity contribution in [3.05, 3.63) is 16.4 Å². The molecule has 19 heavy (non-hydrogen) atoms. The van der Waals surface area contributed by atoms with Crippen LogP contribution in [0.2, 0.25) is 5.02 Å². The van der Waals surface area contributed by atoms with Crippen LogP contribution in [0, 0.1) is 6.92 Å². The van der Waals surface area contributed by atoms with Gasteiger partial charge in [0.1, 0.15) is 0 Å². The Morgan fingerprint density at radius 1 is 1.47 bits per heavy atom. The molecular weight excluding hydrogens is 264 g/mol. The Morgan fingerprint density at radius 2 is 2.05 bits per heavy atom. The summed E-state index contributed by atoms with van der Waals surface area (Å²) in [6, 6.07) is -0.287. The van der Waals surface area contributed by atoms with E-state index in [1.165, 1.54) is 0 Å². The number of aryl methyl sites for hydroxylation is 2. The Kier molecular flexibility index (Phi) is 4.98. The molecule has 0 saturated heterocycles. The molecule has 1 amide bonds. The van der Waals surface area contributed by atoms with Gasteiger partial charge in [-0.25, -0.2) is 0 Å². The van der Waals surface area contributed by atoms with Gasteiger partial charge >= 0.3 is 0 Å². The predicted octanol–water partition coefficient (Wildman–Crippen LogP) is 1.77. The Balaban J connectivity index is 2.59. The smallest absolute Gasteiger partial charge is 0.237 e. The van der Waals surface area contributed by atoms with Crippen molar-refractivity contribution in [3.63, 3.8) is 0 Å². The van der Waals surface area contributed by atoms with Crippen LogP contribution in [0.5, 0.6) is 0 Å². The molecule has 2 N–H and O–H groups in total. The summed E-state index contributed by atoms with van der Waals surface area (Å²) in [7, 11) is 1.84. The minimum absolute atomic E-state index is 0.0255. The fourth-order valence-electron chi connectivity index (χ4n) is 1.69. The molecule has 0 aliphatic rings. The molecule has 0 aliphatic heterocycles. The van der Waals surface area contributed by atoms with Crippen molar-refractivity contribution in [2.45, 2.75) is 52.7 Å². The first-order valence-corrected chi connectivity index (χ1v) is 6.73. The average Bonchev–Trinajstić information content (AvgIpc) is 2.48. The number of halogens is 1. The van der Waals surface area contributed by atoms with Gasteiger partial charge in [0.15, 0.2) is 0 Å². The van der Waals surface area contributed by atoms with E-state index in [9.17, 15) is 4.79 Å². The predicted molar refractivity (Wildman–Crippen MR) is 77.2 cm³/mol. The first kappa shape index (κ1) is 16.0. The lowest BCUT2D eigenvalue weighted by atomic mass is 10.1. The summed E-state index contributed by atoms with van der Waals surface area (Å²) in [5.74, 6) is -0.0255. The molecule has 0 spiro atoms. The highest BCUT2D eigenvalue weighted by Gasteiger charge is 2.20. The van der Waals surface area contributed by atoms with Gasteiger partial charge in [0.05, 0.1) is 22.5 Å². The quantitative estimate of drug-likeness (QED) is 0.887. The summed E-state index contributed by atoms with van der Waals surface area (Å²) >= 11 is 6.16. The molecule has 108 valence electrons. The molecular formula is C13H23ClN4O. The zero-order valence-electron chi connectivity index (χ0n) is 12.5. The van der Waals surface area contributed by atoms with Crippen LogP contribution >= 0.6 is 11.6 Å². The Hall–Kier alpha value is -1.07. The minimum atomic E-state index is -0.287. The third-order valence-electron chi connectivity index (χ3n) is 2.73. The lowest BCUT2D eigenvalue weighted by Gasteiger charge is -2.23. The number of hydrogen-bond acceptors (Lipinski definition) is 3. The van der Waals surface area contributed by atoms with E-state index in [1.54, 1.807) is 4.68 Å². The molecule has 1 atom stereocenters. The lowest BCUT2D eigenvalue weighted by molar-refractivity contribution is -0.124. The van der Waals surface area contributed by atoms with Gasteiger partial charge in [-0.2, -0.15) is 5.10 Å². The molecule has 6 heteroatoms. The first-order valence-electron chi connectivity index (χ1n) is 6.35. The van der Waals surface area contributed by atoms with E-state index in [-0.39, 0.29) is 17.5 Å². The summed E-state index contributed by atoms with van der Waals surface area (Å²) in [4.78, 5) is 11.9. The summed E-state index contributed by atoms with van der Waals surface area (Å²) in [5.41, 5.74) is 1.45. The molecule has 1 unspecified atom stereocenters. The van der Waals surface area contributed by atoms with Crippen LogP contribution in [-0.2, 0) is 18.4 Å². The van der Waals surface area contributed by atoms with Gasteiger partial charge in [-0.05, 0) is 34.6 Å². The SMILES string of the molecule is Cc1nn(C)c(CNC(C)C(=O)NC(C)(C)C)c1Cl. The molecule has 0 bridgehead atoms. The number of carbonyl (C=O) groups excluding carboxylic acids is 1. The standard InChI is InChI=1S/C13H23ClN4O/c1-8-11(14)10(18(6)17-8)7-15-9(2)12(19)16-13(3,4)5/h9,15H,7H2,1-6H3,(H,16,19). The average molecular weight is 287 g/mol. The Bertz CT molecular complexity index is 462. The second-order valence-electron chi connectivity index (χ2n) is 5.81. The van der Waals surface area contributed by atoms with Gasteiger partial charge in [0, 0.05) is 19.1 Å². The van der Waals surface area contributed by atoms with Gasteiger partial charge in [0.25, 0.3) is 0 Å². The Morgan fingerprint density at radius 3 is 2.47 bits per heavy atom. The molecule has 1 heterocycles. The molecule has 0 saturated carbocycles. The van der Waals surface area contributed by atoms with E-state index >= 15 is 0 Å². The van der Waals surface area contributed by atoms with Gasteiger partial charge in [-0.1, -0.05) is 11.6 Å². The van der Waals surface area contributed by atoms with Crippen LogP contribution in [0.25, 0.3) is 0 Å². The van der Waals surface area contributed by atoms with Gasteiger partial charge in [-0.15, -0.1) is 0 Å². The van der Waals surface area contributed by atoms with Crippen LogP contribution in [0.3, 0.4) is 0 Å². The topological polar surface area (TPSA) is 59.0 Å². The zero-order chi connectivity index (χ0) is 14.8. The first-order chi connectivity index (χ1) is 8.61. The molecule has 0 fully saturated rings. The maximum Gasteiger partial charge on any atom is 0.237 e. The highest BCUT2D eigenvalue weighted by Crippen LogP contribution is 2.19. The van der Waals surface area contributed by atoms with E-state index < -0.39 is 0 Å². The molecule has 0 radical (unpaired) electrons. The van der Waals surface area contributed by atoms with Crippen LogP contribution in [0.15, 0.2) is 0 Å². The fourth-order valence-corrected chi connectivity index (χ4v) is 1.92. The number of carbonyl (C=O) groups is 1. The van der Waals surface area contributed by atoms with Gasteiger partial charge in [-0.3, -0.25) is 9.48 Å². The van der Waals surface area contributed by atoms with Crippen molar-refractivity contribution in [3.8, 4) is 0 Å². The van der Waals surface area contributed by atoms with Crippen LogP contribution in [0.1, 0.15) is 39.1 Å². The van der Waals surface area contributed by atoms with Gasteiger partial charge < -0.3 is 10.6 Å². The van der Waals surface area contributed by atoms with Crippen LogP contribution in [0.4, 0.5) is 0 Å². The number of amides is 1. The monoisotopic (exact) mass is 286 g/mol. The lowest BCUT2D eigenvalue weighted by Crippen LogP contribution is -2.49. The molecule has 0 aromatic carbocycles. The third kappa shape index (κ3) is 4.51. The third-order valence-corrected chi connectivity index (χ3v) is 3.22. The number of nitrogens with zero attached hydrogens (tertiary/aromatic N) is 2. The summed E-state index contributed by atoms with van der Waals surface area (Å²) < 4.78 is 1.74. The van der Waals surface area contributed by atoms with E-state index in [2.05, 4.69) is 15.7 Å². The van der Waals surface area contributed by atoms with Crippen molar-refractivity contribution in [2.24, 2.45) is 7.05 Å². The van der Waals surface area contributed by atoms with Crippen molar-refractivity contribution in [2.75, 3.05) is 0 Å². The van der Waals surface area contributed by atoms with E-state index in [1.807, 2.05) is 41.7 Å². The molecule has 0 aliphatic carbocycles. The largest absolute Gasteiger partial charge is 0.350 e. The summed E-state index contributed by atoms with van der Waals surface area (Å²) in [6.07, 6.45) is 0. The van der Waals surface area contributed by atoms with Crippen molar-refractivity contribution in [1.29, 1.82) is 0 Å². The van der Waals surface area contributed by atoms with Crippen molar-refractivity contribution < 1.29 is 4.79 Å². The number of hydrogen-bond donors (Lipinski definition) is 2. The number of rotatable bonds is 4. The second kappa shape index (κ2) is 5.92. The maximum absolute atomic E-state index is 11.9. The van der Waals surface area contributed by atoms with E-state index in [0.717, 1.165) is 11.4 Å². The van der Waals surface area contributed by atoms with Crippen molar-refractivity contribution >= 4 is 17.5 Å².